The van der Waals surface area contributed by atoms with Crippen molar-refractivity contribution in [2.45, 2.75) is 12.6 Å². The molecule has 1 unspecified atom stereocenters. The number of nitrogens with one attached hydrogen (secondary N) is 1. The minimum atomic E-state index is -0.0390. The number of thiocarbonyl (C=S) groups is 1. The van der Waals surface area contributed by atoms with Crippen molar-refractivity contribution in [1.29, 1.82) is 0 Å². The predicted molar refractivity (Wildman–Crippen MR) is 70.5 cm³/mol. The van der Waals surface area contributed by atoms with Gasteiger partial charge in [-0.05, 0) is 17.8 Å². The molecule has 1 aromatic rings. The third kappa shape index (κ3) is 5.30. The van der Waals surface area contributed by atoms with Crippen LogP contribution in [0.3, 0.4) is 0 Å². The van der Waals surface area contributed by atoms with Crippen molar-refractivity contribution in [3.05, 3.63) is 35.9 Å². The SMILES string of the molecule is NC(=S)NC(CCl)COCc1ccccc1. The minimum Gasteiger partial charge on any atom is -0.376 e. The topological polar surface area (TPSA) is 47.3 Å². The molecule has 0 saturated carbocycles. The standard InChI is InChI=1S/C11H15ClN2OS/c12-6-10(14-11(13)16)8-15-7-9-4-2-1-3-5-9/h1-5,10H,6-8H2,(H3,13,14,16). The van der Waals surface area contributed by atoms with Crippen LogP contribution in [-0.4, -0.2) is 23.6 Å². The van der Waals surface area contributed by atoms with Crippen LogP contribution in [0.5, 0.6) is 0 Å². The smallest absolute Gasteiger partial charge is 0.163 e. The van der Waals surface area contributed by atoms with Crippen LogP contribution in [0.4, 0.5) is 0 Å². The predicted octanol–water partition coefficient (Wildman–Crippen LogP) is 1.64. The average molecular weight is 259 g/mol. The Hall–Kier alpha value is -0.840. The van der Waals surface area contributed by atoms with Crippen molar-refractivity contribution in [3.63, 3.8) is 0 Å². The summed E-state index contributed by atoms with van der Waals surface area (Å²) in [5, 5.41) is 3.11. The summed E-state index contributed by atoms with van der Waals surface area (Å²) in [6, 6.07) is 9.91. The van der Waals surface area contributed by atoms with Gasteiger partial charge in [0.2, 0.25) is 0 Å². The summed E-state index contributed by atoms with van der Waals surface area (Å²) in [5.41, 5.74) is 6.49. The Labute approximate surface area is 106 Å². The fourth-order valence-electron chi connectivity index (χ4n) is 1.22. The summed E-state index contributed by atoms with van der Waals surface area (Å²) in [4.78, 5) is 0. The normalized spacial score (nSPS) is 12.1. The van der Waals surface area contributed by atoms with Gasteiger partial charge in [-0.15, -0.1) is 11.6 Å². The summed E-state index contributed by atoms with van der Waals surface area (Å²) in [6.07, 6.45) is 0. The molecule has 1 rings (SSSR count). The molecular weight excluding hydrogens is 244 g/mol. The number of benzene rings is 1. The Kier molecular flexibility index (Phi) is 6.15. The van der Waals surface area contributed by atoms with Gasteiger partial charge >= 0.3 is 0 Å². The van der Waals surface area contributed by atoms with Crippen LogP contribution >= 0.6 is 23.8 Å². The summed E-state index contributed by atoms with van der Waals surface area (Å²) >= 11 is 10.5. The molecule has 0 aliphatic heterocycles. The van der Waals surface area contributed by atoms with Gasteiger partial charge in [0.15, 0.2) is 5.11 Å². The first-order chi connectivity index (χ1) is 7.72. The van der Waals surface area contributed by atoms with E-state index in [1.165, 1.54) is 0 Å². The van der Waals surface area contributed by atoms with E-state index in [1.807, 2.05) is 30.3 Å². The highest BCUT2D eigenvalue weighted by atomic mass is 35.5. The van der Waals surface area contributed by atoms with Gasteiger partial charge < -0.3 is 15.8 Å². The first-order valence-electron chi connectivity index (χ1n) is 4.96. The van der Waals surface area contributed by atoms with E-state index in [-0.39, 0.29) is 11.2 Å². The third-order valence-corrected chi connectivity index (χ3v) is 2.45. The largest absolute Gasteiger partial charge is 0.376 e. The maximum absolute atomic E-state index is 5.74. The van der Waals surface area contributed by atoms with Crippen LogP contribution in [0.2, 0.25) is 0 Å². The van der Waals surface area contributed by atoms with Gasteiger partial charge in [-0.1, -0.05) is 30.3 Å². The lowest BCUT2D eigenvalue weighted by Crippen LogP contribution is -2.42. The maximum atomic E-state index is 5.74. The number of hydrogen-bond donors (Lipinski definition) is 2. The number of nitrogens with two attached hydrogens (primary N) is 1. The molecule has 0 spiro atoms. The zero-order valence-electron chi connectivity index (χ0n) is 8.86. The van der Waals surface area contributed by atoms with Gasteiger partial charge in [0, 0.05) is 5.88 Å². The van der Waals surface area contributed by atoms with Crippen LogP contribution < -0.4 is 11.1 Å². The van der Waals surface area contributed by atoms with Crippen LogP contribution in [0.25, 0.3) is 0 Å². The molecule has 0 heterocycles. The summed E-state index contributed by atoms with van der Waals surface area (Å²) in [6.45, 7) is 1.04. The molecule has 0 aliphatic carbocycles. The molecule has 3 N–H and O–H groups in total. The molecule has 88 valence electrons. The molecule has 1 aromatic carbocycles. The van der Waals surface area contributed by atoms with E-state index in [2.05, 4.69) is 5.32 Å². The van der Waals surface area contributed by atoms with E-state index in [1.54, 1.807) is 0 Å². The highest BCUT2D eigenvalue weighted by molar-refractivity contribution is 7.80. The van der Waals surface area contributed by atoms with Gasteiger partial charge in [-0.3, -0.25) is 0 Å². The lowest BCUT2D eigenvalue weighted by atomic mass is 10.2. The highest BCUT2D eigenvalue weighted by Gasteiger charge is 2.07. The molecule has 16 heavy (non-hydrogen) atoms. The first kappa shape index (κ1) is 13.2. The van der Waals surface area contributed by atoms with E-state index in [0.717, 1.165) is 5.56 Å². The molecule has 0 aliphatic rings. The molecule has 1 atom stereocenters. The van der Waals surface area contributed by atoms with Crippen molar-refractivity contribution < 1.29 is 4.74 Å². The zero-order valence-corrected chi connectivity index (χ0v) is 10.4. The van der Waals surface area contributed by atoms with E-state index in [0.29, 0.717) is 19.1 Å². The van der Waals surface area contributed by atoms with Crippen LogP contribution in [0, 0.1) is 0 Å². The number of rotatable bonds is 6. The fraction of sp³-hybridized carbons (Fsp3) is 0.364. The van der Waals surface area contributed by atoms with E-state index < -0.39 is 0 Å². The Bertz CT molecular complexity index is 321. The second-order valence-electron chi connectivity index (χ2n) is 3.36. The molecule has 0 bridgehead atoms. The number of alkyl halides is 1. The Morgan fingerprint density at radius 2 is 2.12 bits per heavy atom. The van der Waals surface area contributed by atoms with Gasteiger partial charge in [-0.25, -0.2) is 0 Å². The summed E-state index contributed by atoms with van der Waals surface area (Å²) in [5.74, 6) is 0.409. The van der Waals surface area contributed by atoms with Gasteiger partial charge in [0.1, 0.15) is 0 Å². The lowest BCUT2D eigenvalue weighted by molar-refractivity contribution is 0.108. The van der Waals surface area contributed by atoms with Crippen LogP contribution in [0.15, 0.2) is 30.3 Å². The van der Waals surface area contributed by atoms with E-state index in [9.17, 15) is 0 Å². The van der Waals surface area contributed by atoms with Crippen molar-refractivity contribution in [3.8, 4) is 0 Å². The van der Waals surface area contributed by atoms with Gasteiger partial charge in [-0.2, -0.15) is 0 Å². The van der Waals surface area contributed by atoms with Crippen molar-refractivity contribution in [2.24, 2.45) is 5.73 Å². The fourth-order valence-corrected chi connectivity index (χ4v) is 1.55. The summed E-state index contributed by atoms with van der Waals surface area (Å²) < 4.78 is 5.51. The Morgan fingerprint density at radius 3 is 2.69 bits per heavy atom. The molecule has 0 saturated heterocycles. The summed E-state index contributed by atoms with van der Waals surface area (Å²) in [7, 11) is 0. The third-order valence-electron chi connectivity index (χ3n) is 1.96. The quantitative estimate of drug-likeness (QED) is 0.602. The molecule has 0 radical (unpaired) electrons. The molecule has 3 nitrogen and oxygen atoms in total. The van der Waals surface area contributed by atoms with E-state index >= 15 is 0 Å². The highest BCUT2D eigenvalue weighted by Crippen LogP contribution is 2.01. The minimum absolute atomic E-state index is 0.0390. The first-order valence-corrected chi connectivity index (χ1v) is 5.90. The average Bonchev–Trinajstić information content (AvgIpc) is 2.28. The Balaban J connectivity index is 2.26. The number of hydrogen-bond acceptors (Lipinski definition) is 2. The molecule has 0 aromatic heterocycles. The van der Waals surface area contributed by atoms with Crippen LogP contribution in [-0.2, 0) is 11.3 Å². The number of ether oxygens (including phenoxy) is 1. The van der Waals surface area contributed by atoms with Crippen molar-refractivity contribution in [1.82, 2.24) is 5.32 Å². The second-order valence-corrected chi connectivity index (χ2v) is 4.11. The molecular formula is C11H15ClN2OS. The van der Waals surface area contributed by atoms with Gasteiger partial charge in [0.05, 0.1) is 19.3 Å². The number of halogens is 1. The lowest BCUT2D eigenvalue weighted by Gasteiger charge is -2.15. The monoisotopic (exact) mass is 258 g/mol. The zero-order chi connectivity index (χ0) is 11.8. The van der Waals surface area contributed by atoms with Crippen LogP contribution in [0.1, 0.15) is 5.56 Å². The van der Waals surface area contributed by atoms with E-state index in [4.69, 9.17) is 34.3 Å². The maximum Gasteiger partial charge on any atom is 0.163 e. The second kappa shape index (κ2) is 7.44. The molecule has 0 fully saturated rings. The molecule has 5 heteroatoms. The van der Waals surface area contributed by atoms with Crippen molar-refractivity contribution >= 4 is 28.9 Å². The van der Waals surface area contributed by atoms with Crippen molar-refractivity contribution in [2.75, 3.05) is 12.5 Å². The molecule has 0 amide bonds. The van der Waals surface area contributed by atoms with Gasteiger partial charge in [0.25, 0.3) is 0 Å². The Morgan fingerprint density at radius 1 is 1.44 bits per heavy atom.